The molecule has 0 amide bonds. The fraction of sp³-hybridized carbons (Fsp3) is 0.500. The van der Waals surface area contributed by atoms with Gasteiger partial charge in [0, 0.05) is 18.2 Å². The van der Waals surface area contributed by atoms with Crippen LogP contribution >= 0.6 is 0 Å². The quantitative estimate of drug-likeness (QED) is 0.839. The van der Waals surface area contributed by atoms with Crippen LogP contribution in [0.25, 0.3) is 0 Å². The van der Waals surface area contributed by atoms with E-state index in [1.807, 2.05) is 0 Å². The van der Waals surface area contributed by atoms with Crippen LogP contribution in [0, 0.1) is 11.6 Å². The molecule has 108 valence electrons. The third-order valence-electron chi connectivity index (χ3n) is 3.28. The minimum Gasteiger partial charge on any atom is -0.329 e. The van der Waals surface area contributed by atoms with Gasteiger partial charge >= 0.3 is 0 Å². The largest absolute Gasteiger partial charge is 0.329 e. The van der Waals surface area contributed by atoms with Gasteiger partial charge in [-0.2, -0.15) is 0 Å². The molecule has 0 heterocycles. The molecule has 0 saturated heterocycles. The normalized spacial score (nSPS) is 12.7. The summed E-state index contributed by atoms with van der Waals surface area (Å²) in [6.45, 7) is 3.68. The summed E-state index contributed by atoms with van der Waals surface area (Å²) in [7, 11) is -4.07. The van der Waals surface area contributed by atoms with Crippen LogP contribution in [0.3, 0.4) is 0 Å². The van der Waals surface area contributed by atoms with Gasteiger partial charge in [-0.05, 0) is 25.0 Å². The number of nitrogens with two attached hydrogens (primary N) is 1. The Morgan fingerprint density at radius 1 is 1.26 bits per heavy atom. The first-order chi connectivity index (χ1) is 8.80. The summed E-state index contributed by atoms with van der Waals surface area (Å²) in [6.07, 6.45) is 0.948. The maximum absolute atomic E-state index is 13.5. The van der Waals surface area contributed by atoms with Crippen LogP contribution in [0.1, 0.15) is 26.7 Å². The standard InChI is InChI=1S/C12H18F2N2O2S/c1-3-12(4-2,8-15)16-19(17,18)11-6-5-9(13)7-10(11)14/h5-7,16H,3-4,8,15H2,1-2H3. The van der Waals surface area contributed by atoms with Gasteiger partial charge in [0.2, 0.25) is 10.0 Å². The summed E-state index contributed by atoms with van der Waals surface area (Å²) in [6, 6.07) is 2.34. The van der Waals surface area contributed by atoms with E-state index in [4.69, 9.17) is 5.73 Å². The molecule has 1 rings (SSSR count). The summed E-state index contributed by atoms with van der Waals surface area (Å²) < 4.78 is 53.0. The Morgan fingerprint density at radius 2 is 1.84 bits per heavy atom. The van der Waals surface area contributed by atoms with Gasteiger partial charge in [0.05, 0.1) is 0 Å². The molecule has 7 heteroatoms. The number of halogens is 2. The maximum atomic E-state index is 13.5. The van der Waals surface area contributed by atoms with Crippen LogP contribution in [0.15, 0.2) is 23.1 Å². The van der Waals surface area contributed by atoms with Crippen LogP contribution < -0.4 is 10.5 Å². The van der Waals surface area contributed by atoms with Crippen molar-refractivity contribution >= 4 is 10.0 Å². The van der Waals surface area contributed by atoms with Crippen molar-refractivity contribution in [2.75, 3.05) is 6.54 Å². The maximum Gasteiger partial charge on any atom is 0.244 e. The zero-order valence-electron chi connectivity index (χ0n) is 10.9. The van der Waals surface area contributed by atoms with E-state index in [2.05, 4.69) is 4.72 Å². The molecule has 0 aliphatic heterocycles. The molecule has 0 aromatic heterocycles. The lowest BCUT2D eigenvalue weighted by atomic mass is 9.95. The third kappa shape index (κ3) is 3.49. The van der Waals surface area contributed by atoms with Crippen molar-refractivity contribution in [2.24, 2.45) is 5.73 Å². The number of rotatable bonds is 6. The van der Waals surface area contributed by atoms with Gasteiger partial charge in [-0.1, -0.05) is 13.8 Å². The molecule has 1 aromatic carbocycles. The van der Waals surface area contributed by atoms with Crippen molar-refractivity contribution in [3.8, 4) is 0 Å². The highest BCUT2D eigenvalue weighted by Crippen LogP contribution is 2.21. The first-order valence-corrected chi connectivity index (χ1v) is 7.47. The molecule has 0 fully saturated rings. The molecule has 0 aliphatic carbocycles. The predicted octanol–water partition coefficient (Wildman–Crippen LogP) is 1.76. The molecule has 0 unspecified atom stereocenters. The third-order valence-corrected chi connectivity index (χ3v) is 4.89. The highest BCUT2D eigenvalue weighted by molar-refractivity contribution is 7.89. The number of benzene rings is 1. The van der Waals surface area contributed by atoms with E-state index in [0.29, 0.717) is 18.9 Å². The molecule has 4 nitrogen and oxygen atoms in total. The predicted molar refractivity (Wildman–Crippen MR) is 69.0 cm³/mol. The van der Waals surface area contributed by atoms with Crippen molar-refractivity contribution in [1.82, 2.24) is 4.72 Å². The molecule has 3 N–H and O–H groups in total. The minimum atomic E-state index is -4.07. The monoisotopic (exact) mass is 292 g/mol. The summed E-state index contributed by atoms with van der Waals surface area (Å²) in [4.78, 5) is -0.575. The Morgan fingerprint density at radius 3 is 2.26 bits per heavy atom. The van der Waals surface area contributed by atoms with Crippen LogP contribution in [0.2, 0.25) is 0 Å². The van der Waals surface area contributed by atoms with Crippen molar-refractivity contribution < 1.29 is 17.2 Å². The van der Waals surface area contributed by atoms with Crippen molar-refractivity contribution in [1.29, 1.82) is 0 Å². The van der Waals surface area contributed by atoms with Gasteiger partial charge < -0.3 is 5.73 Å². The number of hydrogen-bond donors (Lipinski definition) is 2. The summed E-state index contributed by atoms with van der Waals surface area (Å²) in [5.41, 5.74) is 4.78. The van der Waals surface area contributed by atoms with Gasteiger partial charge in [0.25, 0.3) is 0 Å². The van der Waals surface area contributed by atoms with Gasteiger partial charge in [0.1, 0.15) is 16.5 Å². The van der Waals surface area contributed by atoms with E-state index < -0.39 is 32.1 Å². The van der Waals surface area contributed by atoms with Gasteiger partial charge in [-0.15, -0.1) is 0 Å². The Hall–Kier alpha value is -1.05. The van der Waals surface area contributed by atoms with Crippen LogP contribution in [0.5, 0.6) is 0 Å². The summed E-state index contributed by atoms with van der Waals surface area (Å²) >= 11 is 0. The second-order valence-electron chi connectivity index (χ2n) is 4.37. The molecule has 0 atom stereocenters. The average Bonchev–Trinajstić information content (AvgIpc) is 2.35. The Kier molecular flexibility index (Phi) is 5.00. The lowest BCUT2D eigenvalue weighted by Crippen LogP contribution is -2.52. The van der Waals surface area contributed by atoms with Crippen LogP contribution in [0.4, 0.5) is 8.78 Å². The van der Waals surface area contributed by atoms with E-state index in [0.717, 1.165) is 12.1 Å². The molecule has 0 spiro atoms. The van der Waals surface area contributed by atoms with E-state index in [-0.39, 0.29) is 6.54 Å². The van der Waals surface area contributed by atoms with Crippen molar-refractivity contribution in [3.05, 3.63) is 29.8 Å². The van der Waals surface area contributed by atoms with Gasteiger partial charge in [-0.3, -0.25) is 0 Å². The van der Waals surface area contributed by atoms with Gasteiger partial charge in [0.15, 0.2) is 0 Å². The Labute approximate surface area is 112 Å². The number of hydrogen-bond acceptors (Lipinski definition) is 3. The molecule has 1 aromatic rings. The fourth-order valence-electron chi connectivity index (χ4n) is 1.76. The lowest BCUT2D eigenvalue weighted by molar-refractivity contribution is 0.362. The van der Waals surface area contributed by atoms with Crippen LogP contribution in [-0.2, 0) is 10.0 Å². The van der Waals surface area contributed by atoms with Gasteiger partial charge in [-0.25, -0.2) is 21.9 Å². The second kappa shape index (κ2) is 5.94. The van der Waals surface area contributed by atoms with Crippen molar-refractivity contribution in [2.45, 2.75) is 37.1 Å². The lowest BCUT2D eigenvalue weighted by Gasteiger charge is -2.31. The minimum absolute atomic E-state index is 0.0992. The highest BCUT2D eigenvalue weighted by Gasteiger charge is 2.32. The Balaban J connectivity index is 3.17. The Bertz CT molecular complexity index is 534. The van der Waals surface area contributed by atoms with E-state index in [9.17, 15) is 17.2 Å². The zero-order valence-corrected chi connectivity index (χ0v) is 11.7. The molecular formula is C12H18F2N2O2S. The zero-order chi connectivity index (χ0) is 14.7. The SMILES string of the molecule is CCC(CC)(CN)NS(=O)(=O)c1ccc(F)cc1F. The van der Waals surface area contributed by atoms with E-state index in [1.165, 1.54) is 0 Å². The molecular weight excluding hydrogens is 274 g/mol. The van der Waals surface area contributed by atoms with Crippen LogP contribution in [-0.4, -0.2) is 20.5 Å². The van der Waals surface area contributed by atoms with E-state index in [1.54, 1.807) is 13.8 Å². The van der Waals surface area contributed by atoms with E-state index >= 15 is 0 Å². The van der Waals surface area contributed by atoms with Crippen molar-refractivity contribution in [3.63, 3.8) is 0 Å². The first kappa shape index (κ1) is 16.0. The number of nitrogens with one attached hydrogen (secondary N) is 1. The highest BCUT2D eigenvalue weighted by atomic mass is 32.2. The molecule has 0 radical (unpaired) electrons. The smallest absolute Gasteiger partial charge is 0.244 e. The number of sulfonamides is 1. The summed E-state index contributed by atoms with van der Waals surface area (Å²) in [5, 5.41) is 0. The summed E-state index contributed by atoms with van der Waals surface area (Å²) in [5.74, 6) is -1.95. The molecule has 0 aliphatic rings. The molecule has 0 bridgehead atoms. The molecule has 0 saturated carbocycles. The first-order valence-electron chi connectivity index (χ1n) is 5.99. The second-order valence-corrected chi connectivity index (χ2v) is 6.02. The molecule has 19 heavy (non-hydrogen) atoms. The topological polar surface area (TPSA) is 72.2 Å². The fourth-order valence-corrected chi connectivity index (χ4v) is 3.37. The average molecular weight is 292 g/mol.